The van der Waals surface area contributed by atoms with Gasteiger partial charge < -0.3 is 19.7 Å². The Morgan fingerprint density at radius 3 is 2.25 bits per heavy atom. The van der Waals surface area contributed by atoms with Crippen molar-refractivity contribution in [1.29, 1.82) is 0 Å². The molecule has 0 saturated carbocycles. The summed E-state index contributed by atoms with van der Waals surface area (Å²) in [5, 5.41) is 2.62. The number of carbonyl (C=O) groups excluding carboxylic acids is 2. The zero-order valence-electron chi connectivity index (χ0n) is 19.5. The molecule has 0 aliphatic carbocycles. The van der Waals surface area contributed by atoms with Gasteiger partial charge in [0, 0.05) is 19.2 Å². The van der Waals surface area contributed by atoms with E-state index in [0.29, 0.717) is 23.6 Å². The number of ether oxygens (including phenoxy) is 1. The summed E-state index contributed by atoms with van der Waals surface area (Å²) in [6.07, 6.45) is -4.34. The monoisotopic (exact) mass is 518 g/mol. The van der Waals surface area contributed by atoms with Crippen molar-refractivity contribution in [3.05, 3.63) is 90.0 Å². The van der Waals surface area contributed by atoms with Crippen molar-refractivity contribution in [1.82, 2.24) is 10.0 Å². The van der Waals surface area contributed by atoms with Gasteiger partial charge in [0.2, 0.25) is 5.91 Å². The van der Waals surface area contributed by atoms with E-state index in [2.05, 4.69) is 14.8 Å². The molecule has 36 heavy (non-hydrogen) atoms. The fourth-order valence-corrected chi connectivity index (χ4v) is 3.84. The van der Waals surface area contributed by atoms with Crippen LogP contribution < -0.4 is 24.4 Å². The van der Waals surface area contributed by atoms with Gasteiger partial charge in [-0.15, -0.1) is 0 Å². The van der Waals surface area contributed by atoms with Crippen molar-refractivity contribution in [2.45, 2.75) is 18.6 Å². The van der Waals surface area contributed by atoms with E-state index in [4.69, 9.17) is 4.74 Å². The third-order valence-corrected chi connectivity index (χ3v) is 5.82. The summed E-state index contributed by atoms with van der Waals surface area (Å²) in [5.41, 5.74) is 0.356. The van der Waals surface area contributed by atoms with Gasteiger partial charge in [0.1, 0.15) is 11.8 Å². The largest absolute Gasteiger partial charge is 0.497 e. The molecule has 0 heterocycles. The molecule has 3 N–H and O–H groups in total. The van der Waals surface area contributed by atoms with Crippen LogP contribution in [0.15, 0.2) is 78.9 Å². The number of anilines is 2. The molecule has 0 aliphatic heterocycles. The number of hydrogen-bond acceptors (Lipinski definition) is 5. The Labute approximate surface area is 211 Å². The number of carbonyl (C=O) groups is 2. The van der Waals surface area contributed by atoms with Crippen LogP contribution in [0, 0.1) is 0 Å². The Morgan fingerprint density at radius 2 is 1.61 bits per heavy atom. The Bertz CT molecular complexity index is 1160. The van der Waals surface area contributed by atoms with Crippen molar-refractivity contribution in [3.8, 4) is 5.75 Å². The molecule has 3 aromatic rings. The molecule has 1 unspecified atom stereocenters. The van der Waals surface area contributed by atoms with E-state index in [1.165, 1.54) is 30.2 Å². The van der Waals surface area contributed by atoms with Crippen LogP contribution >= 0.6 is 12.1 Å². The van der Waals surface area contributed by atoms with E-state index < -0.39 is 23.8 Å². The molecule has 3 amide bonds. The maximum atomic E-state index is 13.3. The Kier molecular flexibility index (Phi) is 9.07. The smallest absolute Gasteiger partial charge is 0.418 e. The van der Waals surface area contributed by atoms with Gasteiger partial charge in [0.25, 0.3) is 0 Å². The van der Waals surface area contributed by atoms with Crippen LogP contribution in [0.4, 0.5) is 29.3 Å². The van der Waals surface area contributed by atoms with Crippen LogP contribution in [0.1, 0.15) is 11.1 Å². The number of rotatable bonds is 9. The SMILES string of the molecule is COc1ccc(N(C)C(=O)C(Cc2ccccc2)NC(=O)NSNc2ccccc2C(F)(F)F)cc1. The van der Waals surface area contributed by atoms with E-state index in [-0.39, 0.29) is 18.0 Å². The molecule has 3 aromatic carbocycles. The Balaban J connectivity index is 1.68. The number of urea groups is 1. The molecule has 0 radical (unpaired) electrons. The van der Waals surface area contributed by atoms with E-state index in [1.54, 1.807) is 31.3 Å². The van der Waals surface area contributed by atoms with Gasteiger partial charge in [-0.05, 0) is 42.0 Å². The van der Waals surface area contributed by atoms with Gasteiger partial charge in [-0.2, -0.15) is 13.2 Å². The molecule has 0 aromatic heterocycles. The number of halogens is 3. The minimum atomic E-state index is -4.55. The maximum Gasteiger partial charge on any atom is 0.418 e. The van der Waals surface area contributed by atoms with Crippen molar-refractivity contribution in [2.24, 2.45) is 0 Å². The first kappa shape index (κ1) is 26.7. The first-order chi connectivity index (χ1) is 17.2. The lowest BCUT2D eigenvalue weighted by molar-refractivity contribution is -0.136. The second-order valence-electron chi connectivity index (χ2n) is 7.66. The first-order valence-electron chi connectivity index (χ1n) is 10.8. The highest BCUT2D eigenvalue weighted by atomic mass is 32.2. The van der Waals surface area contributed by atoms with Crippen LogP contribution in [-0.4, -0.2) is 32.1 Å². The summed E-state index contributed by atoms with van der Waals surface area (Å²) < 4.78 is 49.5. The highest BCUT2D eigenvalue weighted by Crippen LogP contribution is 2.35. The zero-order chi connectivity index (χ0) is 26.1. The number of para-hydroxylation sites is 1. The number of methoxy groups -OCH3 is 1. The Hall–Kier alpha value is -3.86. The summed E-state index contributed by atoms with van der Waals surface area (Å²) in [4.78, 5) is 27.3. The topological polar surface area (TPSA) is 82.7 Å². The number of benzene rings is 3. The van der Waals surface area contributed by atoms with E-state index >= 15 is 0 Å². The molecule has 190 valence electrons. The van der Waals surface area contributed by atoms with Crippen LogP contribution in [0.3, 0.4) is 0 Å². The molecule has 0 saturated heterocycles. The second kappa shape index (κ2) is 12.2. The molecule has 11 heteroatoms. The summed E-state index contributed by atoms with van der Waals surface area (Å²) >= 11 is 0.563. The molecule has 0 spiro atoms. The molecule has 0 bridgehead atoms. The van der Waals surface area contributed by atoms with Gasteiger partial charge in [0.05, 0.1) is 30.5 Å². The van der Waals surface area contributed by atoms with Crippen LogP contribution in [0.2, 0.25) is 0 Å². The van der Waals surface area contributed by atoms with E-state index in [1.807, 2.05) is 30.3 Å². The molecule has 7 nitrogen and oxygen atoms in total. The quantitative estimate of drug-likeness (QED) is 0.337. The first-order valence-corrected chi connectivity index (χ1v) is 11.6. The summed E-state index contributed by atoms with van der Waals surface area (Å²) in [7, 11) is 3.13. The predicted molar refractivity (Wildman–Crippen MR) is 135 cm³/mol. The molecule has 0 aliphatic rings. The lowest BCUT2D eigenvalue weighted by Gasteiger charge is -2.25. The molecular formula is C25H25F3N4O3S. The number of alkyl halides is 3. The number of likely N-dealkylation sites (N-methyl/N-ethyl adjacent to an activating group) is 1. The highest BCUT2D eigenvalue weighted by Gasteiger charge is 2.33. The zero-order valence-corrected chi connectivity index (χ0v) is 20.3. The summed E-state index contributed by atoms with van der Waals surface area (Å²) in [5.74, 6) is 0.258. The molecule has 1 atom stereocenters. The number of nitrogens with one attached hydrogen (secondary N) is 3. The minimum absolute atomic E-state index is 0.202. The fraction of sp³-hybridized carbons (Fsp3) is 0.200. The van der Waals surface area contributed by atoms with Crippen molar-refractivity contribution in [2.75, 3.05) is 23.8 Å². The fourth-order valence-electron chi connectivity index (χ4n) is 3.35. The number of nitrogens with zero attached hydrogens (tertiary/aromatic N) is 1. The average Bonchev–Trinajstić information content (AvgIpc) is 2.88. The second-order valence-corrected chi connectivity index (χ2v) is 8.27. The third-order valence-electron chi connectivity index (χ3n) is 5.21. The van der Waals surface area contributed by atoms with Crippen LogP contribution in [0.5, 0.6) is 5.75 Å². The minimum Gasteiger partial charge on any atom is -0.497 e. The van der Waals surface area contributed by atoms with Crippen molar-refractivity contribution in [3.63, 3.8) is 0 Å². The van der Waals surface area contributed by atoms with Crippen LogP contribution in [0.25, 0.3) is 0 Å². The summed E-state index contributed by atoms with van der Waals surface area (Å²) in [6.45, 7) is 0. The third kappa shape index (κ3) is 7.32. The standard InChI is InChI=1S/C25H25F3N4O3S/c1-32(18-12-14-19(35-2)15-13-18)23(33)22(16-17-8-4-3-5-9-17)29-24(34)31-36-30-21-11-7-6-10-20(21)25(26,27)28/h3-15,22,30H,16H2,1-2H3,(H2,29,31,34). The van der Waals surface area contributed by atoms with Gasteiger partial charge >= 0.3 is 12.2 Å². The highest BCUT2D eigenvalue weighted by molar-refractivity contribution is 7.99. The number of hydrogen-bond donors (Lipinski definition) is 3. The number of amides is 3. The van der Waals surface area contributed by atoms with Gasteiger partial charge in [0.15, 0.2) is 0 Å². The predicted octanol–water partition coefficient (Wildman–Crippen LogP) is 5.26. The van der Waals surface area contributed by atoms with E-state index in [0.717, 1.165) is 11.6 Å². The normalized spacial score (nSPS) is 11.8. The molecular weight excluding hydrogens is 493 g/mol. The lowest BCUT2D eigenvalue weighted by Crippen LogP contribution is -2.50. The molecule has 3 rings (SSSR count). The average molecular weight is 519 g/mol. The molecule has 0 fully saturated rings. The van der Waals surface area contributed by atoms with Gasteiger partial charge in [-0.1, -0.05) is 42.5 Å². The Morgan fingerprint density at radius 1 is 0.972 bits per heavy atom. The lowest BCUT2D eigenvalue weighted by atomic mass is 10.0. The van der Waals surface area contributed by atoms with E-state index in [9.17, 15) is 22.8 Å². The van der Waals surface area contributed by atoms with Crippen LogP contribution in [-0.2, 0) is 17.4 Å². The summed E-state index contributed by atoms with van der Waals surface area (Å²) in [6, 6.07) is 19.2. The van der Waals surface area contributed by atoms with Gasteiger partial charge in [-0.25, -0.2) is 4.79 Å². The maximum absolute atomic E-state index is 13.3. The van der Waals surface area contributed by atoms with Crippen molar-refractivity contribution >= 4 is 35.4 Å². The van der Waals surface area contributed by atoms with Gasteiger partial charge in [-0.3, -0.25) is 9.52 Å². The van der Waals surface area contributed by atoms with Crippen molar-refractivity contribution < 1.29 is 27.5 Å².